The van der Waals surface area contributed by atoms with Crippen LogP contribution in [0, 0.1) is 18.7 Å². The van der Waals surface area contributed by atoms with Crippen LogP contribution in [0.4, 0.5) is 9.18 Å². The summed E-state index contributed by atoms with van der Waals surface area (Å²) in [5.41, 5.74) is 1.44. The van der Waals surface area contributed by atoms with Crippen molar-refractivity contribution in [2.45, 2.75) is 51.7 Å². The molecule has 0 radical (unpaired) electrons. The number of carbonyl (C=O) groups excluding carboxylic acids is 1. The van der Waals surface area contributed by atoms with E-state index in [1.165, 1.54) is 12.1 Å². The Morgan fingerprint density at radius 3 is 3.00 bits per heavy atom. The largest absolute Gasteiger partial charge is 0.459 e. The third kappa shape index (κ3) is 4.12. The molecule has 2 aromatic rings. The summed E-state index contributed by atoms with van der Waals surface area (Å²) in [6.45, 7) is 4.26. The van der Waals surface area contributed by atoms with Crippen LogP contribution in [0.15, 0.2) is 22.6 Å². The number of furan rings is 1. The fraction of sp³-hybridized carbons (Fsp3) is 0.526. The molecule has 3 N–H and O–H groups in total. The van der Waals surface area contributed by atoms with Crippen LogP contribution in [0.3, 0.4) is 0 Å². The first kappa shape index (κ1) is 17.7. The molecule has 5 nitrogen and oxygen atoms in total. The smallest absolute Gasteiger partial charge is 0.315 e. The second kappa shape index (κ2) is 7.44. The predicted molar refractivity (Wildman–Crippen MR) is 93.8 cm³/mol. The van der Waals surface area contributed by atoms with Crippen LogP contribution in [-0.4, -0.2) is 23.8 Å². The molecule has 1 heterocycles. The Labute approximate surface area is 146 Å². The van der Waals surface area contributed by atoms with Crippen LogP contribution < -0.4 is 10.6 Å². The molecule has 0 saturated heterocycles. The molecule has 1 fully saturated rings. The number of hydrogen-bond donors (Lipinski definition) is 3. The maximum Gasteiger partial charge on any atom is 0.315 e. The van der Waals surface area contributed by atoms with Crippen LogP contribution in [0.2, 0.25) is 0 Å². The van der Waals surface area contributed by atoms with Gasteiger partial charge in [-0.2, -0.15) is 0 Å². The average molecular weight is 348 g/mol. The topological polar surface area (TPSA) is 74.5 Å². The van der Waals surface area contributed by atoms with Crippen molar-refractivity contribution in [2.75, 3.05) is 6.54 Å². The van der Waals surface area contributed by atoms with Gasteiger partial charge in [0, 0.05) is 17.5 Å². The molecule has 6 heteroatoms. The molecule has 3 unspecified atom stereocenters. The first-order valence-corrected chi connectivity index (χ1v) is 8.85. The van der Waals surface area contributed by atoms with Crippen molar-refractivity contribution in [2.24, 2.45) is 5.92 Å². The van der Waals surface area contributed by atoms with Gasteiger partial charge in [-0.05, 0) is 57.2 Å². The molecule has 0 spiro atoms. The van der Waals surface area contributed by atoms with E-state index >= 15 is 0 Å². The summed E-state index contributed by atoms with van der Waals surface area (Å²) in [5.74, 6) is 0.639. The molecule has 1 aliphatic carbocycles. The highest BCUT2D eigenvalue weighted by Crippen LogP contribution is 2.30. The summed E-state index contributed by atoms with van der Waals surface area (Å²) in [6, 6.07) is 3.81. The average Bonchev–Trinajstić information content (AvgIpc) is 2.90. The van der Waals surface area contributed by atoms with Crippen molar-refractivity contribution in [1.29, 1.82) is 0 Å². The molecule has 1 aromatic carbocycles. The number of urea groups is 1. The minimum Gasteiger partial charge on any atom is -0.459 e. The van der Waals surface area contributed by atoms with Crippen molar-refractivity contribution in [3.8, 4) is 0 Å². The Kier molecular flexibility index (Phi) is 5.27. The Bertz CT molecular complexity index is 758. The lowest BCUT2D eigenvalue weighted by molar-refractivity contribution is 0.101. The van der Waals surface area contributed by atoms with E-state index in [1.54, 1.807) is 6.07 Å². The van der Waals surface area contributed by atoms with Gasteiger partial charge in [0.25, 0.3) is 0 Å². The maximum atomic E-state index is 13.4. The fourth-order valence-electron chi connectivity index (χ4n) is 3.62. The van der Waals surface area contributed by atoms with E-state index in [9.17, 15) is 14.3 Å². The quantitative estimate of drug-likeness (QED) is 0.787. The van der Waals surface area contributed by atoms with E-state index in [0.717, 1.165) is 36.6 Å². The van der Waals surface area contributed by atoms with Gasteiger partial charge in [-0.15, -0.1) is 0 Å². The van der Waals surface area contributed by atoms with Gasteiger partial charge >= 0.3 is 6.03 Å². The van der Waals surface area contributed by atoms with Crippen molar-refractivity contribution >= 4 is 17.0 Å². The SMILES string of the molecule is Cc1c(C(C)NC(=O)NCC2CCCC(O)C2)oc2ccc(F)cc12. The molecule has 1 saturated carbocycles. The number of benzene rings is 1. The van der Waals surface area contributed by atoms with Crippen LogP contribution >= 0.6 is 0 Å². The number of aliphatic hydroxyl groups excluding tert-OH is 1. The van der Waals surface area contributed by atoms with E-state index in [1.807, 2.05) is 13.8 Å². The second-order valence-corrected chi connectivity index (χ2v) is 6.99. The molecule has 1 aliphatic rings. The van der Waals surface area contributed by atoms with E-state index < -0.39 is 0 Å². The third-order valence-corrected chi connectivity index (χ3v) is 4.98. The van der Waals surface area contributed by atoms with Crippen LogP contribution in [0.1, 0.15) is 50.0 Å². The molecule has 136 valence electrons. The van der Waals surface area contributed by atoms with Crippen molar-refractivity contribution in [1.82, 2.24) is 10.6 Å². The molecular weight excluding hydrogens is 323 g/mol. The van der Waals surface area contributed by atoms with Gasteiger partial charge in [0.2, 0.25) is 0 Å². The zero-order chi connectivity index (χ0) is 18.0. The third-order valence-electron chi connectivity index (χ3n) is 4.98. The summed E-state index contributed by atoms with van der Waals surface area (Å²) >= 11 is 0. The van der Waals surface area contributed by atoms with Gasteiger partial charge in [-0.3, -0.25) is 0 Å². The van der Waals surface area contributed by atoms with Crippen molar-refractivity contribution in [3.63, 3.8) is 0 Å². The Balaban J connectivity index is 1.59. The summed E-state index contributed by atoms with van der Waals surface area (Å²) in [5, 5.41) is 16.1. The lowest BCUT2D eigenvalue weighted by Crippen LogP contribution is -2.40. The molecular formula is C19H25FN2O3. The van der Waals surface area contributed by atoms with E-state index in [-0.39, 0.29) is 24.0 Å². The molecule has 0 bridgehead atoms. The Morgan fingerprint density at radius 2 is 2.24 bits per heavy atom. The highest BCUT2D eigenvalue weighted by atomic mass is 19.1. The summed E-state index contributed by atoms with van der Waals surface area (Å²) < 4.78 is 19.2. The van der Waals surface area contributed by atoms with Crippen molar-refractivity contribution in [3.05, 3.63) is 35.3 Å². The number of hydrogen-bond acceptors (Lipinski definition) is 3. The summed E-state index contributed by atoms with van der Waals surface area (Å²) in [6.07, 6.45) is 3.37. The minimum absolute atomic E-state index is 0.249. The molecule has 2 amide bonds. The number of carbonyl (C=O) groups is 1. The number of halogens is 1. The molecule has 3 atom stereocenters. The van der Waals surface area contributed by atoms with Crippen molar-refractivity contribution < 1.29 is 18.7 Å². The highest BCUT2D eigenvalue weighted by molar-refractivity contribution is 5.82. The number of amides is 2. The van der Waals surface area contributed by atoms with E-state index in [2.05, 4.69) is 10.6 Å². The van der Waals surface area contributed by atoms with Crippen LogP contribution in [-0.2, 0) is 0 Å². The fourth-order valence-corrected chi connectivity index (χ4v) is 3.62. The first-order chi connectivity index (χ1) is 11.9. The van der Waals surface area contributed by atoms with E-state index in [0.29, 0.717) is 23.8 Å². The van der Waals surface area contributed by atoms with Gasteiger partial charge in [0.05, 0.1) is 12.1 Å². The minimum atomic E-state index is -0.326. The number of rotatable bonds is 4. The normalized spacial score (nSPS) is 21.9. The predicted octanol–water partition coefficient (Wildman–Crippen LogP) is 3.79. The molecule has 25 heavy (non-hydrogen) atoms. The Hall–Kier alpha value is -2.08. The number of aryl methyl sites for hydroxylation is 1. The van der Waals surface area contributed by atoms with Gasteiger partial charge in [-0.25, -0.2) is 9.18 Å². The number of fused-ring (bicyclic) bond motifs is 1. The second-order valence-electron chi connectivity index (χ2n) is 6.99. The van der Waals surface area contributed by atoms with Gasteiger partial charge in [0.1, 0.15) is 17.2 Å². The van der Waals surface area contributed by atoms with Crippen LogP contribution in [0.25, 0.3) is 11.0 Å². The molecule has 0 aliphatic heterocycles. The first-order valence-electron chi connectivity index (χ1n) is 8.85. The summed E-state index contributed by atoms with van der Waals surface area (Å²) in [7, 11) is 0. The monoisotopic (exact) mass is 348 g/mol. The van der Waals surface area contributed by atoms with Gasteiger partial charge in [0.15, 0.2) is 0 Å². The Morgan fingerprint density at radius 1 is 1.44 bits per heavy atom. The lowest BCUT2D eigenvalue weighted by Gasteiger charge is -2.26. The zero-order valence-electron chi connectivity index (χ0n) is 14.6. The molecule has 1 aromatic heterocycles. The van der Waals surface area contributed by atoms with Crippen LogP contribution in [0.5, 0.6) is 0 Å². The number of nitrogens with one attached hydrogen (secondary N) is 2. The maximum absolute atomic E-state index is 13.4. The highest BCUT2D eigenvalue weighted by Gasteiger charge is 2.22. The van der Waals surface area contributed by atoms with Gasteiger partial charge < -0.3 is 20.2 Å². The number of aliphatic hydroxyl groups is 1. The molecule has 3 rings (SSSR count). The van der Waals surface area contributed by atoms with Gasteiger partial charge in [-0.1, -0.05) is 6.42 Å². The summed E-state index contributed by atoms with van der Waals surface area (Å²) in [4.78, 5) is 12.1. The lowest BCUT2D eigenvalue weighted by atomic mass is 9.87. The van der Waals surface area contributed by atoms with E-state index in [4.69, 9.17) is 4.42 Å². The zero-order valence-corrected chi connectivity index (χ0v) is 14.6. The standard InChI is InChI=1S/C19H25FN2O3/c1-11-16-9-14(20)6-7-17(16)25-18(11)12(2)22-19(24)21-10-13-4-3-5-15(23)8-13/h6-7,9,12-13,15,23H,3-5,8,10H2,1-2H3,(H2,21,22,24).